The summed E-state index contributed by atoms with van der Waals surface area (Å²) in [6.07, 6.45) is 13.6. The minimum Gasteiger partial charge on any atom is -0.293 e. The highest BCUT2D eigenvalue weighted by Gasteiger charge is 2.26. The van der Waals surface area contributed by atoms with E-state index in [0.717, 1.165) is 13.0 Å². The lowest BCUT2D eigenvalue weighted by atomic mass is 9.72. The van der Waals surface area contributed by atoms with Gasteiger partial charge in [-0.3, -0.25) is 4.99 Å². The SMILES string of the molecule is CCCN=C/C=C(C)\C=C\C1=C(C)CCCC1(C)C. The fourth-order valence-electron chi connectivity index (χ4n) is 2.65. The molecule has 0 aromatic rings. The van der Waals surface area contributed by atoms with E-state index in [4.69, 9.17) is 0 Å². The van der Waals surface area contributed by atoms with Crippen molar-refractivity contribution in [2.45, 2.75) is 60.3 Å². The molecule has 19 heavy (non-hydrogen) atoms. The third-order valence-corrected chi connectivity index (χ3v) is 3.85. The zero-order valence-electron chi connectivity index (χ0n) is 13.3. The second-order valence-electron chi connectivity index (χ2n) is 6.23. The van der Waals surface area contributed by atoms with Crippen molar-refractivity contribution < 1.29 is 0 Å². The molecule has 0 aromatic carbocycles. The molecule has 1 nitrogen and oxygen atoms in total. The highest BCUT2D eigenvalue weighted by molar-refractivity contribution is 5.72. The topological polar surface area (TPSA) is 12.4 Å². The number of hydrogen-bond acceptors (Lipinski definition) is 1. The zero-order valence-corrected chi connectivity index (χ0v) is 13.3. The first-order valence-electron chi connectivity index (χ1n) is 7.52. The summed E-state index contributed by atoms with van der Waals surface area (Å²) in [4.78, 5) is 4.32. The third-order valence-electron chi connectivity index (χ3n) is 3.85. The van der Waals surface area contributed by atoms with E-state index < -0.39 is 0 Å². The smallest absolute Gasteiger partial charge is 0.0386 e. The molecular weight excluding hydrogens is 230 g/mol. The molecule has 0 bridgehead atoms. The predicted molar refractivity (Wildman–Crippen MR) is 86.9 cm³/mol. The molecule has 0 N–H and O–H groups in total. The Hall–Kier alpha value is -1.11. The van der Waals surface area contributed by atoms with E-state index in [1.165, 1.54) is 30.4 Å². The Morgan fingerprint density at radius 2 is 2.11 bits per heavy atom. The Bertz CT molecular complexity index is 405. The molecule has 1 rings (SSSR count). The van der Waals surface area contributed by atoms with Crippen molar-refractivity contribution >= 4 is 6.21 Å². The number of hydrogen-bond donors (Lipinski definition) is 0. The molecular formula is C18H29N. The van der Waals surface area contributed by atoms with Gasteiger partial charge in [-0.15, -0.1) is 0 Å². The van der Waals surface area contributed by atoms with E-state index in [1.807, 2.05) is 6.21 Å². The summed E-state index contributed by atoms with van der Waals surface area (Å²) in [5, 5.41) is 0. The minimum atomic E-state index is 0.329. The van der Waals surface area contributed by atoms with Crippen LogP contribution >= 0.6 is 0 Å². The van der Waals surface area contributed by atoms with Crippen LogP contribution in [0, 0.1) is 5.41 Å². The van der Waals surface area contributed by atoms with Crippen LogP contribution in [0.3, 0.4) is 0 Å². The van der Waals surface area contributed by atoms with E-state index >= 15 is 0 Å². The van der Waals surface area contributed by atoms with E-state index in [9.17, 15) is 0 Å². The molecule has 1 aliphatic carbocycles. The van der Waals surface area contributed by atoms with Gasteiger partial charge in [0.05, 0.1) is 0 Å². The maximum absolute atomic E-state index is 4.32. The van der Waals surface area contributed by atoms with Crippen LogP contribution < -0.4 is 0 Å². The zero-order chi connectivity index (χ0) is 14.3. The molecule has 1 heteroatoms. The van der Waals surface area contributed by atoms with Crippen molar-refractivity contribution in [2.24, 2.45) is 10.4 Å². The summed E-state index contributed by atoms with van der Waals surface area (Å²) in [6, 6.07) is 0. The van der Waals surface area contributed by atoms with E-state index in [-0.39, 0.29) is 0 Å². The molecule has 0 saturated heterocycles. The molecule has 0 aliphatic heterocycles. The van der Waals surface area contributed by atoms with Crippen molar-refractivity contribution in [3.05, 3.63) is 34.9 Å². The number of allylic oxidation sites excluding steroid dienone is 6. The third kappa shape index (κ3) is 5.18. The summed E-state index contributed by atoms with van der Waals surface area (Å²) >= 11 is 0. The molecule has 0 atom stereocenters. The van der Waals surface area contributed by atoms with Crippen LogP contribution in [-0.2, 0) is 0 Å². The molecule has 0 aromatic heterocycles. The van der Waals surface area contributed by atoms with Gasteiger partial charge < -0.3 is 0 Å². The fraction of sp³-hybridized carbons (Fsp3) is 0.611. The summed E-state index contributed by atoms with van der Waals surface area (Å²) in [7, 11) is 0. The number of aliphatic imine (C=N–C) groups is 1. The molecule has 0 heterocycles. The quantitative estimate of drug-likeness (QED) is 0.457. The van der Waals surface area contributed by atoms with Crippen molar-refractivity contribution in [3.8, 4) is 0 Å². The first-order valence-corrected chi connectivity index (χ1v) is 7.52. The molecule has 0 amide bonds. The van der Waals surface area contributed by atoms with Crippen LogP contribution in [0.5, 0.6) is 0 Å². The van der Waals surface area contributed by atoms with Gasteiger partial charge in [0.1, 0.15) is 0 Å². The number of rotatable bonds is 5. The van der Waals surface area contributed by atoms with Crippen molar-refractivity contribution in [2.75, 3.05) is 6.54 Å². The minimum absolute atomic E-state index is 0.329. The van der Waals surface area contributed by atoms with Crippen LogP contribution in [0.2, 0.25) is 0 Å². The van der Waals surface area contributed by atoms with Gasteiger partial charge in [-0.05, 0) is 62.2 Å². The second-order valence-corrected chi connectivity index (χ2v) is 6.23. The van der Waals surface area contributed by atoms with Crippen LogP contribution in [-0.4, -0.2) is 12.8 Å². The van der Waals surface area contributed by atoms with Gasteiger partial charge in [0.2, 0.25) is 0 Å². The average Bonchev–Trinajstić information content (AvgIpc) is 2.33. The first kappa shape index (κ1) is 15.9. The monoisotopic (exact) mass is 259 g/mol. The second kappa shape index (κ2) is 7.47. The molecule has 0 unspecified atom stereocenters. The Kier molecular flexibility index (Phi) is 6.27. The molecule has 0 spiro atoms. The van der Waals surface area contributed by atoms with Crippen LogP contribution in [0.4, 0.5) is 0 Å². The van der Waals surface area contributed by atoms with E-state index in [1.54, 1.807) is 5.57 Å². The van der Waals surface area contributed by atoms with Crippen LogP contribution in [0.15, 0.2) is 39.9 Å². The summed E-state index contributed by atoms with van der Waals surface area (Å²) in [5.41, 5.74) is 4.67. The van der Waals surface area contributed by atoms with Crippen molar-refractivity contribution in [3.63, 3.8) is 0 Å². The van der Waals surface area contributed by atoms with E-state index in [0.29, 0.717) is 5.41 Å². The lowest BCUT2D eigenvalue weighted by Gasteiger charge is -2.32. The van der Waals surface area contributed by atoms with Crippen LogP contribution in [0.25, 0.3) is 0 Å². The highest BCUT2D eigenvalue weighted by Crippen LogP contribution is 2.40. The Morgan fingerprint density at radius 1 is 1.37 bits per heavy atom. The standard InChI is InChI=1S/C18H29N/c1-6-13-19-14-11-15(2)9-10-17-16(3)8-7-12-18(17,4)5/h9-11,14H,6-8,12-13H2,1-5H3/b10-9+,15-11-,19-14?. The van der Waals surface area contributed by atoms with Gasteiger partial charge in [0.15, 0.2) is 0 Å². The van der Waals surface area contributed by atoms with Crippen molar-refractivity contribution in [1.82, 2.24) is 0 Å². The molecule has 0 fully saturated rings. The fourth-order valence-corrected chi connectivity index (χ4v) is 2.65. The maximum Gasteiger partial charge on any atom is 0.0386 e. The van der Waals surface area contributed by atoms with Gasteiger partial charge in [-0.1, -0.05) is 38.5 Å². The van der Waals surface area contributed by atoms with Crippen molar-refractivity contribution in [1.29, 1.82) is 0 Å². The highest BCUT2D eigenvalue weighted by atomic mass is 14.7. The Balaban J connectivity index is 2.74. The summed E-state index contributed by atoms with van der Waals surface area (Å²) in [5.74, 6) is 0. The maximum atomic E-state index is 4.32. The molecule has 1 aliphatic rings. The molecule has 0 radical (unpaired) electrons. The summed E-state index contributed by atoms with van der Waals surface area (Å²) < 4.78 is 0. The first-order chi connectivity index (χ1) is 8.97. The lowest BCUT2D eigenvalue weighted by Crippen LogP contribution is -2.19. The Morgan fingerprint density at radius 3 is 2.74 bits per heavy atom. The number of nitrogens with zero attached hydrogens (tertiary/aromatic N) is 1. The molecule has 0 saturated carbocycles. The van der Waals surface area contributed by atoms with E-state index in [2.05, 4.69) is 57.8 Å². The average molecular weight is 259 g/mol. The normalized spacial score (nSPS) is 20.8. The van der Waals surface area contributed by atoms with Gasteiger partial charge >= 0.3 is 0 Å². The van der Waals surface area contributed by atoms with Gasteiger partial charge in [-0.25, -0.2) is 0 Å². The van der Waals surface area contributed by atoms with Gasteiger partial charge in [0.25, 0.3) is 0 Å². The Labute approximate surface area is 119 Å². The molecule has 106 valence electrons. The summed E-state index contributed by atoms with van der Waals surface area (Å²) in [6.45, 7) is 12.2. The van der Waals surface area contributed by atoms with Gasteiger partial charge in [0, 0.05) is 12.8 Å². The van der Waals surface area contributed by atoms with Gasteiger partial charge in [-0.2, -0.15) is 0 Å². The largest absolute Gasteiger partial charge is 0.293 e. The van der Waals surface area contributed by atoms with Crippen LogP contribution in [0.1, 0.15) is 60.3 Å². The predicted octanol–water partition coefficient (Wildman–Crippen LogP) is 5.50. The lowest BCUT2D eigenvalue weighted by molar-refractivity contribution is 0.377.